The summed E-state index contributed by atoms with van der Waals surface area (Å²) in [7, 11) is 1.53. The number of ether oxygens (including phenoxy) is 1. The maximum absolute atomic E-state index is 12.7. The second kappa shape index (κ2) is 6.32. The van der Waals surface area contributed by atoms with Crippen molar-refractivity contribution in [2.75, 3.05) is 46.4 Å². The monoisotopic (exact) mass is 295 g/mol. The van der Waals surface area contributed by atoms with E-state index in [-0.39, 0.29) is 24.5 Å². The minimum Gasteiger partial charge on any atom is -0.375 e. The average Bonchev–Trinajstić information content (AvgIpc) is 3.10. The standard InChI is InChI=1S/C15H25N3O3/c1-21-10-13(19)17-5-7-18(8-6-17)15(20)14-12-4-2-3-11(12)9-16-14/h11-12,14,16H,2-10H2,1H3. The Labute approximate surface area is 125 Å². The number of carbonyl (C=O) groups excluding carboxylic acids is 2. The van der Waals surface area contributed by atoms with E-state index in [1.54, 1.807) is 4.90 Å². The molecular formula is C15H25N3O3. The first-order valence-corrected chi connectivity index (χ1v) is 7.99. The fourth-order valence-corrected chi connectivity index (χ4v) is 4.05. The van der Waals surface area contributed by atoms with Gasteiger partial charge in [-0.15, -0.1) is 0 Å². The summed E-state index contributed by atoms with van der Waals surface area (Å²) in [6.07, 6.45) is 3.71. The summed E-state index contributed by atoms with van der Waals surface area (Å²) in [5, 5.41) is 3.42. The number of hydrogen-bond acceptors (Lipinski definition) is 4. The number of amides is 2. The maximum atomic E-state index is 12.7. The van der Waals surface area contributed by atoms with Gasteiger partial charge in [-0.3, -0.25) is 9.59 Å². The van der Waals surface area contributed by atoms with Gasteiger partial charge in [-0.25, -0.2) is 0 Å². The lowest BCUT2D eigenvalue weighted by Gasteiger charge is -2.36. The van der Waals surface area contributed by atoms with E-state index in [1.807, 2.05) is 4.90 Å². The molecule has 6 nitrogen and oxygen atoms in total. The molecule has 2 heterocycles. The van der Waals surface area contributed by atoms with Crippen LogP contribution in [0.25, 0.3) is 0 Å². The molecule has 0 bridgehead atoms. The second-order valence-corrected chi connectivity index (χ2v) is 6.38. The van der Waals surface area contributed by atoms with Crippen molar-refractivity contribution in [1.29, 1.82) is 0 Å². The summed E-state index contributed by atoms with van der Waals surface area (Å²) in [6.45, 7) is 3.65. The molecule has 21 heavy (non-hydrogen) atoms. The van der Waals surface area contributed by atoms with Crippen molar-refractivity contribution in [3.8, 4) is 0 Å². The highest BCUT2D eigenvalue weighted by Crippen LogP contribution is 2.38. The summed E-state index contributed by atoms with van der Waals surface area (Å²) in [4.78, 5) is 28.2. The first-order valence-electron chi connectivity index (χ1n) is 7.99. The number of nitrogens with zero attached hydrogens (tertiary/aromatic N) is 2. The van der Waals surface area contributed by atoms with E-state index in [4.69, 9.17) is 4.74 Å². The topological polar surface area (TPSA) is 61.9 Å². The molecule has 1 N–H and O–H groups in total. The van der Waals surface area contributed by atoms with Crippen LogP contribution in [-0.4, -0.2) is 74.1 Å². The van der Waals surface area contributed by atoms with Crippen LogP contribution in [0.4, 0.5) is 0 Å². The molecule has 3 aliphatic rings. The molecule has 2 amide bonds. The number of hydrogen-bond donors (Lipinski definition) is 1. The number of nitrogens with one attached hydrogen (secondary N) is 1. The minimum absolute atomic E-state index is 0.0127. The third-order valence-electron chi connectivity index (χ3n) is 5.22. The summed E-state index contributed by atoms with van der Waals surface area (Å²) < 4.78 is 4.88. The van der Waals surface area contributed by atoms with Gasteiger partial charge >= 0.3 is 0 Å². The highest BCUT2D eigenvalue weighted by molar-refractivity contribution is 5.83. The molecule has 1 aliphatic carbocycles. The lowest BCUT2D eigenvalue weighted by molar-refractivity contribution is -0.143. The fraction of sp³-hybridized carbons (Fsp3) is 0.867. The first-order chi connectivity index (χ1) is 10.2. The first kappa shape index (κ1) is 14.8. The lowest BCUT2D eigenvalue weighted by Crippen LogP contribution is -2.55. The van der Waals surface area contributed by atoms with Crippen LogP contribution >= 0.6 is 0 Å². The van der Waals surface area contributed by atoms with Crippen LogP contribution in [0, 0.1) is 11.8 Å². The molecule has 118 valence electrons. The quantitative estimate of drug-likeness (QED) is 0.776. The van der Waals surface area contributed by atoms with Gasteiger partial charge in [-0.05, 0) is 31.2 Å². The Hall–Kier alpha value is -1.14. The average molecular weight is 295 g/mol. The molecule has 2 saturated heterocycles. The third kappa shape index (κ3) is 2.92. The molecule has 0 aromatic carbocycles. The minimum atomic E-state index is 0.0127. The molecule has 0 spiro atoms. The summed E-state index contributed by atoms with van der Waals surface area (Å²) in [5.41, 5.74) is 0. The van der Waals surface area contributed by atoms with Gasteiger partial charge in [-0.2, -0.15) is 0 Å². The van der Waals surface area contributed by atoms with Gasteiger partial charge in [0.1, 0.15) is 6.61 Å². The van der Waals surface area contributed by atoms with Crippen molar-refractivity contribution in [2.45, 2.75) is 25.3 Å². The molecule has 6 heteroatoms. The van der Waals surface area contributed by atoms with Crippen molar-refractivity contribution >= 4 is 11.8 Å². The lowest BCUT2D eigenvalue weighted by atomic mass is 9.93. The van der Waals surface area contributed by atoms with Gasteiger partial charge in [0.15, 0.2) is 0 Å². The molecule has 3 rings (SSSR count). The molecule has 3 fully saturated rings. The Kier molecular flexibility index (Phi) is 4.45. The molecule has 3 unspecified atom stereocenters. The van der Waals surface area contributed by atoms with Gasteiger partial charge < -0.3 is 19.9 Å². The Bertz CT molecular complexity index is 407. The number of rotatable bonds is 3. The van der Waals surface area contributed by atoms with Crippen molar-refractivity contribution in [3.05, 3.63) is 0 Å². The Morgan fingerprint density at radius 3 is 2.57 bits per heavy atom. The maximum Gasteiger partial charge on any atom is 0.248 e. The van der Waals surface area contributed by atoms with E-state index in [2.05, 4.69) is 5.32 Å². The molecular weight excluding hydrogens is 270 g/mol. The van der Waals surface area contributed by atoms with Crippen LogP contribution in [0.15, 0.2) is 0 Å². The summed E-state index contributed by atoms with van der Waals surface area (Å²) in [5.74, 6) is 1.48. The Balaban J connectivity index is 1.52. The predicted molar refractivity (Wildman–Crippen MR) is 77.7 cm³/mol. The fourth-order valence-electron chi connectivity index (χ4n) is 4.05. The van der Waals surface area contributed by atoms with Crippen LogP contribution in [0.1, 0.15) is 19.3 Å². The molecule has 3 atom stereocenters. The smallest absolute Gasteiger partial charge is 0.248 e. The zero-order valence-electron chi connectivity index (χ0n) is 12.7. The highest BCUT2D eigenvalue weighted by atomic mass is 16.5. The van der Waals surface area contributed by atoms with Crippen molar-refractivity contribution < 1.29 is 14.3 Å². The Morgan fingerprint density at radius 1 is 1.14 bits per heavy atom. The number of methoxy groups -OCH3 is 1. The second-order valence-electron chi connectivity index (χ2n) is 6.38. The molecule has 2 aliphatic heterocycles. The van der Waals surface area contributed by atoms with E-state index < -0.39 is 0 Å². The van der Waals surface area contributed by atoms with Gasteiger partial charge in [0.2, 0.25) is 11.8 Å². The van der Waals surface area contributed by atoms with Crippen LogP contribution in [0.5, 0.6) is 0 Å². The number of fused-ring (bicyclic) bond motifs is 1. The van der Waals surface area contributed by atoms with Crippen LogP contribution in [0.3, 0.4) is 0 Å². The van der Waals surface area contributed by atoms with Gasteiger partial charge in [0.25, 0.3) is 0 Å². The zero-order chi connectivity index (χ0) is 14.8. The van der Waals surface area contributed by atoms with E-state index in [9.17, 15) is 9.59 Å². The van der Waals surface area contributed by atoms with Crippen LogP contribution in [0.2, 0.25) is 0 Å². The molecule has 0 aromatic heterocycles. The third-order valence-corrected chi connectivity index (χ3v) is 5.22. The molecule has 1 saturated carbocycles. The largest absolute Gasteiger partial charge is 0.375 e. The van der Waals surface area contributed by atoms with E-state index in [0.29, 0.717) is 38.0 Å². The van der Waals surface area contributed by atoms with E-state index in [0.717, 1.165) is 6.54 Å². The number of piperazine rings is 1. The van der Waals surface area contributed by atoms with E-state index in [1.165, 1.54) is 26.4 Å². The molecule has 0 aromatic rings. The SMILES string of the molecule is COCC(=O)N1CCN(C(=O)C2NCC3CCCC32)CC1. The van der Waals surface area contributed by atoms with Crippen molar-refractivity contribution in [1.82, 2.24) is 15.1 Å². The molecule has 0 radical (unpaired) electrons. The van der Waals surface area contributed by atoms with Crippen molar-refractivity contribution in [3.63, 3.8) is 0 Å². The Morgan fingerprint density at radius 2 is 1.86 bits per heavy atom. The summed E-state index contributed by atoms with van der Waals surface area (Å²) >= 11 is 0. The van der Waals surface area contributed by atoms with Gasteiger partial charge in [-0.1, -0.05) is 6.42 Å². The zero-order valence-corrected chi connectivity index (χ0v) is 12.7. The predicted octanol–water partition coefficient (Wildman–Crippen LogP) is -0.308. The highest BCUT2D eigenvalue weighted by Gasteiger charge is 2.44. The van der Waals surface area contributed by atoms with Crippen LogP contribution in [-0.2, 0) is 14.3 Å². The van der Waals surface area contributed by atoms with Crippen molar-refractivity contribution in [2.24, 2.45) is 11.8 Å². The normalized spacial score (nSPS) is 32.3. The number of carbonyl (C=O) groups is 2. The van der Waals surface area contributed by atoms with E-state index >= 15 is 0 Å². The van der Waals surface area contributed by atoms with Crippen LogP contribution < -0.4 is 5.32 Å². The van der Waals surface area contributed by atoms with Gasteiger partial charge in [0, 0.05) is 33.3 Å². The summed E-state index contributed by atoms with van der Waals surface area (Å²) in [6, 6.07) is 0.0127. The van der Waals surface area contributed by atoms with Gasteiger partial charge in [0.05, 0.1) is 6.04 Å².